The maximum atomic E-state index is 10.6. The molecule has 1 heterocycles. The first-order valence-corrected chi connectivity index (χ1v) is 9.86. The van der Waals surface area contributed by atoms with E-state index in [-0.39, 0.29) is 6.61 Å². The van der Waals surface area contributed by atoms with Gasteiger partial charge in [-0.05, 0) is 42.0 Å². The predicted molar refractivity (Wildman–Crippen MR) is 115 cm³/mol. The number of imidazole rings is 1. The average molecular weight is 409 g/mol. The zero-order valence-electron chi connectivity index (χ0n) is 15.9. The number of nitrogens with two attached hydrogens (primary N) is 1. The fraction of sp³-hybridized carbons (Fsp3) is 0.174. The molecular weight excluding hydrogens is 386 g/mol. The molecule has 3 N–H and O–H groups in total. The second kappa shape index (κ2) is 8.55. The molecule has 5 nitrogen and oxygen atoms in total. The molecule has 4 rings (SSSR count). The number of nitrogen functional groups attached to an aromatic ring is 1. The lowest BCUT2D eigenvalue weighted by Crippen LogP contribution is -2.37. The van der Waals surface area contributed by atoms with Crippen molar-refractivity contribution in [1.82, 2.24) is 4.57 Å². The number of fused-ring (bicyclic) bond motifs is 1. The number of nitrogens with zero attached hydrogens (tertiary/aromatic N) is 2. The van der Waals surface area contributed by atoms with Crippen LogP contribution >= 0.6 is 11.6 Å². The van der Waals surface area contributed by atoms with Gasteiger partial charge in [0.25, 0.3) is 0 Å². The monoisotopic (exact) mass is 408 g/mol. The zero-order chi connectivity index (χ0) is 20.2. The van der Waals surface area contributed by atoms with Gasteiger partial charge in [-0.2, -0.15) is 0 Å². The summed E-state index contributed by atoms with van der Waals surface area (Å²) >= 11 is 5.89. The van der Waals surface area contributed by atoms with Gasteiger partial charge in [0.15, 0.2) is 0 Å². The molecule has 0 saturated heterocycles. The first-order chi connectivity index (χ1) is 14.1. The molecule has 0 fully saturated rings. The topological polar surface area (TPSA) is 64.3 Å². The molecule has 29 heavy (non-hydrogen) atoms. The van der Waals surface area contributed by atoms with Crippen LogP contribution in [0.4, 0.5) is 5.95 Å². The third kappa shape index (κ3) is 4.36. The molecule has 1 atom stereocenters. The molecule has 0 radical (unpaired) electrons. The minimum atomic E-state index is -0.714. The van der Waals surface area contributed by atoms with Crippen molar-refractivity contribution in [3.63, 3.8) is 0 Å². The Bertz CT molecular complexity index is 1090. The Hall–Kier alpha value is -3.02. The molecule has 0 aliphatic rings. The highest BCUT2D eigenvalue weighted by Gasteiger charge is 2.23. The summed E-state index contributed by atoms with van der Waals surface area (Å²) in [6, 6.07) is 25.3. The number of ether oxygens (including phenoxy) is 1. The zero-order valence-corrected chi connectivity index (χ0v) is 16.7. The number of hydrogen-bond acceptors (Lipinski definition) is 3. The smallest absolute Gasteiger partial charge is 0.356 e. The van der Waals surface area contributed by atoms with Gasteiger partial charge in [0.05, 0.1) is 6.54 Å². The molecule has 0 unspecified atom stereocenters. The summed E-state index contributed by atoms with van der Waals surface area (Å²) in [6.07, 6.45) is -0.714. The Morgan fingerprint density at radius 3 is 2.41 bits per heavy atom. The van der Waals surface area contributed by atoms with Crippen molar-refractivity contribution in [2.45, 2.75) is 19.2 Å². The molecule has 148 valence electrons. The van der Waals surface area contributed by atoms with E-state index in [0.29, 0.717) is 29.8 Å². The van der Waals surface area contributed by atoms with Crippen molar-refractivity contribution in [2.75, 3.05) is 12.3 Å². The Kier molecular flexibility index (Phi) is 5.69. The van der Waals surface area contributed by atoms with E-state index in [9.17, 15) is 5.11 Å². The fourth-order valence-corrected chi connectivity index (χ4v) is 3.55. The van der Waals surface area contributed by atoms with Crippen molar-refractivity contribution in [3.05, 3.63) is 89.4 Å². The van der Waals surface area contributed by atoms with Crippen LogP contribution in [0.1, 0.15) is 5.56 Å². The Balaban J connectivity index is 1.55. The molecule has 0 amide bonds. The predicted octanol–water partition coefficient (Wildman–Crippen LogP) is 3.65. The third-order valence-corrected chi connectivity index (χ3v) is 5.10. The van der Waals surface area contributed by atoms with Crippen molar-refractivity contribution in [1.29, 1.82) is 0 Å². The van der Waals surface area contributed by atoms with Crippen molar-refractivity contribution in [3.8, 4) is 5.75 Å². The Morgan fingerprint density at radius 2 is 1.66 bits per heavy atom. The summed E-state index contributed by atoms with van der Waals surface area (Å²) in [4.78, 5) is 0. The number of benzene rings is 3. The number of anilines is 1. The molecule has 0 bridgehead atoms. The van der Waals surface area contributed by atoms with Gasteiger partial charge in [0.1, 0.15) is 36.0 Å². The summed E-state index contributed by atoms with van der Waals surface area (Å²) in [7, 11) is 0. The molecule has 1 aromatic heterocycles. The molecule has 0 aliphatic heterocycles. The van der Waals surface area contributed by atoms with E-state index in [0.717, 1.165) is 11.0 Å². The minimum Gasteiger partial charge on any atom is -0.491 e. The van der Waals surface area contributed by atoms with Gasteiger partial charge in [-0.3, -0.25) is 5.73 Å². The van der Waals surface area contributed by atoms with Crippen LogP contribution in [-0.2, 0) is 13.1 Å². The summed E-state index contributed by atoms with van der Waals surface area (Å²) in [6.45, 7) is 1.16. The minimum absolute atomic E-state index is 0.159. The number of rotatable bonds is 7. The lowest BCUT2D eigenvalue weighted by Gasteiger charge is -2.12. The second-order valence-corrected chi connectivity index (χ2v) is 7.38. The molecule has 0 spiro atoms. The van der Waals surface area contributed by atoms with E-state index in [2.05, 4.69) is 16.7 Å². The summed E-state index contributed by atoms with van der Waals surface area (Å²) in [5.41, 5.74) is 9.67. The Labute approximate surface area is 174 Å². The van der Waals surface area contributed by atoms with Crippen LogP contribution in [-0.4, -0.2) is 22.4 Å². The molecular formula is C23H23ClN3O2+. The number of aliphatic hydroxyl groups is 1. The highest BCUT2D eigenvalue weighted by Crippen LogP contribution is 2.19. The molecule has 4 aromatic rings. The molecule has 3 aromatic carbocycles. The van der Waals surface area contributed by atoms with Gasteiger partial charge in [-0.15, -0.1) is 0 Å². The first-order valence-electron chi connectivity index (χ1n) is 9.48. The van der Waals surface area contributed by atoms with E-state index in [1.165, 1.54) is 5.56 Å². The van der Waals surface area contributed by atoms with Gasteiger partial charge in [0.2, 0.25) is 0 Å². The SMILES string of the molecule is Nc1n(C[C@H](O)COc2ccc(Cl)cc2)c2ccccc2[n+]1Cc1ccccc1. The summed E-state index contributed by atoms with van der Waals surface area (Å²) in [5.74, 6) is 1.26. The number of para-hydroxylation sites is 2. The average Bonchev–Trinajstić information content (AvgIpc) is 3.00. The quantitative estimate of drug-likeness (QED) is 0.459. The first kappa shape index (κ1) is 19.3. The van der Waals surface area contributed by atoms with Crippen LogP contribution < -0.4 is 15.0 Å². The van der Waals surface area contributed by atoms with Gasteiger partial charge < -0.3 is 9.84 Å². The molecule has 0 aliphatic carbocycles. The van der Waals surface area contributed by atoms with E-state index >= 15 is 0 Å². The lowest BCUT2D eigenvalue weighted by atomic mass is 10.2. The summed E-state index contributed by atoms with van der Waals surface area (Å²) < 4.78 is 9.69. The van der Waals surface area contributed by atoms with E-state index < -0.39 is 6.10 Å². The van der Waals surface area contributed by atoms with Crippen molar-refractivity contribution < 1.29 is 14.4 Å². The van der Waals surface area contributed by atoms with E-state index in [1.807, 2.05) is 47.0 Å². The fourth-order valence-electron chi connectivity index (χ4n) is 3.42. The third-order valence-electron chi connectivity index (χ3n) is 4.85. The van der Waals surface area contributed by atoms with E-state index in [4.69, 9.17) is 22.1 Å². The second-order valence-electron chi connectivity index (χ2n) is 6.95. The summed E-state index contributed by atoms with van der Waals surface area (Å²) in [5, 5.41) is 11.2. The number of hydrogen-bond donors (Lipinski definition) is 2. The van der Waals surface area contributed by atoms with Crippen LogP contribution in [0.5, 0.6) is 5.75 Å². The normalized spacial score (nSPS) is 12.2. The van der Waals surface area contributed by atoms with E-state index in [1.54, 1.807) is 24.3 Å². The molecule has 6 heteroatoms. The van der Waals surface area contributed by atoms with Crippen LogP contribution in [0.2, 0.25) is 5.02 Å². The van der Waals surface area contributed by atoms with Crippen LogP contribution in [0.3, 0.4) is 0 Å². The maximum Gasteiger partial charge on any atom is 0.356 e. The molecule has 0 saturated carbocycles. The van der Waals surface area contributed by atoms with Crippen LogP contribution in [0, 0.1) is 0 Å². The highest BCUT2D eigenvalue weighted by atomic mass is 35.5. The van der Waals surface area contributed by atoms with Crippen LogP contribution in [0.25, 0.3) is 11.0 Å². The van der Waals surface area contributed by atoms with Crippen molar-refractivity contribution >= 4 is 28.6 Å². The van der Waals surface area contributed by atoms with Crippen molar-refractivity contribution in [2.24, 2.45) is 0 Å². The number of aromatic nitrogens is 2. The standard InChI is InChI=1S/C23H22ClN3O2/c24-18-10-12-20(13-11-18)29-16-19(28)15-27-22-9-5-4-8-21(22)26(23(27)25)14-17-6-2-1-3-7-17/h1-13,19,25,28H,14-16H2/p+1/t19-/m0/s1. The lowest BCUT2D eigenvalue weighted by molar-refractivity contribution is -0.648. The van der Waals surface area contributed by atoms with Gasteiger partial charge >= 0.3 is 5.95 Å². The maximum absolute atomic E-state index is 10.6. The largest absolute Gasteiger partial charge is 0.491 e. The number of aliphatic hydroxyl groups excluding tert-OH is 1. The van der Waals surface area contributed by atoms with Gasteiger partial charge in [-0.1, -0.05) is 54.1 Å². The highest BCUT2D eigenvalue weighted by molar-refractivity contribution is 6.30. The van der Waals surface area contributed by atoms with Gasteiger partial charge in [0, 0.05) is 5.02 Å². The van der Waals surface area contributed by atoms with Crippen LogP contribution in [0.15, 0.2) is 78.9 Å². The number of halogens is 1. The Morgan fingerprint density at radius 1 is 0.966 bits per heavy atom. The van der Waals surface area contributed by atoms with Gasteiger partial charge in [-0.25, -0.2) is 9.13 Å².